The molecule has 1 amide bonds. The van der Waals surface area contributed by atoms with Crippen LogP contribution in [0.1, 0.15) is 11.7 Å². The zero-order chi connectivity index (χ0) is 22.7. The van der Waals surface area contributed by atoms with Crippen LogP contribution in [0.25, 0.3) is 22.4 Å². The van der Waals surface area contributed by atoms with Gasteiger partial charge in [0, 0.05) is 42.7 Å². The Morgan fingerprint density at radius 1 is 1.19 bits per heavy atom. The lowest BCUT2D eigenvalue weighted by Crippen LogP contribution is -2.42. The standard InChI is InChI=1S/C24H26FN5O2/c1-28(2)13-3-4-22(32)29-14-20(16-31)30-21(15-29)23(17-9-11-26-12-10-17)24(27-30)18-5-7-19(25)8-6-18/h3-12,20,31H,13-16H2,1-2H3. The summed E-state index contributed by atoms with van der Waals surface area (Å²) in [5.41, 5.74) is 4.03. The molecule has 32 heavy (non-hydrogen) atoms. The van der Waals surface area contributed by atoms with Crippen molar-refractivity contribution in [2.75, 3.05) is 33.8 Å². The Morgan fingerprint density at radius 2 is 1.91 bits per heavy atom. The topological polar surface area (TPSA) is 74.5 Å². The molecule has 166 valence electrons. The van der Waals surface area contributed by atoms with E-state index in [4.69, 9.17) is 5.10 Å². The van der Waals surface area contributed by atoms with Gasteiger partial charge in [0.15, 0.2) is 0 Å². The van der Waals surface area contributed by atoms with Crippen molar-refractivity contribution in [2.24, 2.45) is 0 Å². The fourth-order valence-corrected chi connectivity index (χ4v) is 3.90. The molecule has 8 heteroatoms. The first-order chi connectivity index (χ1) is 15.5. The number of benzene rings is 1. The molecule has 0 bridgehead atoms. The summed E-state index contributed by atoms with van der Waals surface area (Å²) in [6, 6.07) is 9.58. The number of likely N-dealkylation sites (N-methyl/N-ethyl adjacent to an activating group) is 1. The second-order valence-corrected chi connectivity index (χ2v) is 8.08. The molecule has 7 nitrogen and oxygen atoms in total. The zero-order valence-electron chi connectivity index (χ0n) is 18.1. The van der Waals surface area contributed by atoms with Gasteiger partial charge in [0.2, 0.25) is 5.91 Å². The van der Waals surface area contributed by atoms with Crippen LogP contribution in [-0.2, 0) is 11.3 Å². The van der Waals surface area contributed by atoms with Crippen molar-refractivity contribution in [1.29, 1.82) is 0 Å². The van der Waals surface area contributed by atoms with Crippen molar-refractivity contribution in [3.05, 3.63) is 72.5 Å². The van der Waals surface area contributed by atoms with Crippen LogP contribution in [-0.4, -0.2) is 69.4 Å². The highest BCUT2D eigenvalue weighted by molar-refractivity contribution is 5.88. The Morgan fingerprint density at radius 3 is 2.56 bits per heavy atom. The fraction of sp³-hybridized carbons (Fsp3) is 0.292. The highest BCUT2D eigenvalue weighted by atomic mass is 19.1. The quantitative estimate of drug-likeness (QED) is 0.603. The third-order valence-corrected chi connectivity index (χ3v) is 5.47. The molecule has 0 fully saturated rings. The fourth-order valence-electron chi connectivity index (χ4n) is 3.90. The van der Waals surface area contributed by atoms with E-state index in [1.165, 1.54) is 12.1 Å². The van der Waals surface area contributed by atoms with E-state index in [1.807, 2.05) is 41.9 Å². The summed E-state index contributed by atoms with van der Waals surface area (Å²) in [4.78, 5) is 20.7. The summed E-state index contributed by atoms with van der Waals surface area (Å²) in [5, 5.41) is 14.9. The summed E-state index contributed by atoms with van der Waals surface area (Å²) in [5.74, 6) is -0.431. The average molecular weight is 436 g/mol. The van der Waals surface area contributed by atoms with Crippen LogP contribution < -0.4 is 0 Å². The van der Waals surface area contributed by atoms with Crippen molar-refractivity contribution in [1.82, 2.24) is 24.6 Å². The van der Waals surface area contributed by atoms with E-state index in [0.29, 0.717) is 25.3 Å². The number of rotatable bonds is 6. The summed E-state index contributed by atoms with van der Waals surface area (Å²) in [7, 11) is 3.88. The molecule has 0 saturated heterocycles. The van der Waals surface area contributed by atoms with Gasteiger partial charge in [-0.2, -0.15) is 5.10 Å². The van der Waals surface area contributed by atoms with Crippen molar-refractivity contribution in [3.8, 4) is 22.4 Å². The number of aromatic nitrogens is 3. The zero-order valence-corrected chi connectivity index (χ0v) is 18.1. The Hall–Kier alpha value is -3.36. The molecule has 3 aromatic rings. The van der Waals surface area contributed by atoms with E-state index in [0.717, 1.165) is 22.4 Å². The summed E-state index contributed by atoms with van der Waals surface area (Å²) in [6.45, 7) is 1.22. The molecule has 1 unspecified atom stereocenters. The smallest absolute Gasteiger partial charge is 0.246 e. The number of halogens is 1. The molecule has 0 aliphatic carbocycles. The van der Waals surface area contributed by atoms with Crippen molar-refractivity contribution in [3.63, 3.8) is 0 Å². The molecule has 1 aromatic carbocycles. The number of aliphatic hydroxyl groups is 1. The number of pyridine rings is 1. The number of hydrogen-bond acceptors (Lipinski definition) is 5. The summed E-state index contributed by atoms with van der Waals surface area (Å²) in [6.07, 6.45) is 6.81. The second-order valence-electron chi connectivity index (χ2n) is 8.08. The van der Waals surface area contributed by atoms with E-state index < -0.39 is 0 Å². The number of carbonyl (C=O) groups excluding carboxylic acids is 1. The van der Waals surface area contributed by atoms with Crippen LogP contribution in [0.4, 0.5) is 4.39 Å². The van der Waals surface area contributed by atoms with E-state index in [9.17, 15) is 14.3 Å². The maximum absolute atomic E-state index is 13.5. The first kappa shape index (κ1) is 21.9. The molecule has 4 rings (SSSR count). The van der Waals surface area contributed by atoms with E-state index >= 15 is 0 Å². The number of amides is 1. The number of hydrogen-bond donors (Lipinski definition) is 1. The average Bonchev–Trinajstić information content (AvgIpc) is 3.18. The maximum Gasteiger partial charge on any atom is 0.246 e. The SMILES string of the molecule is CN(C)CC=CC(=O)N1Cc2c(-c3ccncc3)c(-c3ccc(F)cc3)nn2C(CO)C1. The number of carbonyl (C=O) groups is 1. The van der Waals surface area contributed by atoms with E-state index in [-0.39, 0.29) is 24.4 Å². The Balaban J connectivity index is 1.79. The van der Waals surface area contributed by atoms with Gasteiger partial charge >= 0.3 is 0 Å². The van der Waals surface area contributed by atoms with Crippen molar-refractivity contribution in [2.45, 2.75) is 12.6 Å². The van der Waals surface area contributed by atoms with Gasteiger partial charge < -0.3 is 14.9 Å². The van der Waals surface area contributed by atoms with Crippen molar-refractivity contribution >= 4 is 5.91 Å². The number of aliphatic hydroxyl groups excluding tert-OH is 1. The molecule has 0 saturated carbocycles. The van der Waals surface area contributed by atoms with Gasteiger partial charge in [-0.05, 0) is 56.1 Å². The van der Waals surface area contributed by atoms with Gasteiger partial charge in [0.25, 0.3) is 0 Å². The third-order valence-electron chi connectivity index (χ3n) is 5.47. The van der Waals surface area contributed by atoms with Gasteiger partial charge in [-0.25, -0.2) is 4.39 Å². The molecule has 2 aromatic heterocycles. The molecule has 1 atom stereocenters. The lowest BCUT2D eigenvalue weighted by molar-refractivity contribution is -0.128. The minimum absolute atomic E-state index is 0.109. The lowest BCUT2D eigenvalue weighted by Gasteiger charge is -2.33. The molecule has 1 aliphatic rings. The molecule has 0 radical (unpaired) electrons. The maximum atomic E-state index is 13.5. The van der Waals surface area contributed by atoms with Crippen LogP contribution in [0, 0.1) is 5.82 Å². The van der Waals surface area contributed by atoms with E-state index in [1.54, 1.807) is 35.5 Å². The molecular weight excluding hydrogens is 409 g/mol. The van der Waals surface area contributed by atoms with Crippen molar-refractivity contribution < 1.29 is 14.3 Å². The highest BCUT2D eigenvalue weighted by Crippen LogP contribution is 2.38. The Kier molecular flexibility index (Phi) is 6.43. The minimum atomic E-state index is -0.375. The number of nitrogens with zero attached hydrogens (tertiary/aromatic N) is 5. The van der Waals surface area contributed by atoms with Crippen LogP contribution >= 0.6 is 0 Å². The summed E-state index contributed by atoms with van der Waals surface area (Å²) < 4.78 is 15.3. The molecular formula is C24H26FN5O2. The first-order valence-corrected chi connectivity index (χ1v) is 10.5. The molecule has 1 aliphatic heterocycles. The Labute approximate surface area is 186 Å². The van der Waals surface area contributed by atoms with Gasteiger partial charge in [-0.3, -0.25) is 14.5 Å². The normalized spacial score (nSPS) is 16.0. The predicted octanol–water partition coefficient (Wildman–Crippen LogP) is 2.74. The number of fused-ring (bicyclic) bond motifs is 1. The first-order valence-electron chi connectivity index (χ1n) is 10.5. The van der Waals surface area contributed by atoms with Gasteiger partial charge in [-0.1, -0.05) is 6.08 Å². The summed E-state index contributed by atoms with van der Waals surface area (Å²) >= 11 is 0. The van der Waals surface area contributed by atoms with Gasteiger partial charge in [-0.15, -0.1) is 0 Å². The van der Waals surface area contributed by atoms with Gasteiger partial charge in [0.1, 0.15) is 11.5 Å². The second kappa shape index (κ2) is 9.42. The van der Waals surface area contributed by atoms with Crippen LogP contribution in [0.15, 0.2) is 60.9 Å². The van der Waals surface area contributed by atoms with Gasteiger partial charge in [0.05, 0.1) is 24.9 Å². The third kappa shape index (κ3) is 4.46. The minimum Gasteiger partial charge on any atom is -0.394 e. The molecule has 1 N–H and O–H groups in total. The molecule has 0 spiro atoms. The van der Waals surface area contributed by atoms with Crippen LogP contribution in [0.3, 0.4) is 0 Å². The van der Waals surface area contributed by atoms with E-state index in [2.05, 4.69) is 4.98 Å². The Bertz CT molecular complexity index is 1110. The van der Waals surface area contributed by atoms with Crippen LogP contribution in [0.5, 0.6) is 0 Å². The monoisotopic (exact) mass is 435 g/mol. The van der Waals surface area contributed by atoms with Crippen LogP contribution in [0.2, 0.25) is 0 Å². The lowest BCUT2D eigenvalue weighted by atomic mass is 9.98. The largest absolute Gasteiger partial charge is 0.394 e. The molecule has 3 heterocycles. The highest BCUT2D eigenvalue weighted by Gasteiger charge is 2.32. The predicted molar refractivity (Wildman–Crippen MR) is 120 cm³/mol.